The van der Waals surface area contributed by atoms with Crippen LogP contribution in [0.1, 0.15) is 31.9 Å². The molecule has 0 aliphatic carbocycles. The van der Waals surface area contributed by atoms with Crippen LogP contribution in [0.5, 0.6) is 5.88 Å². The van der Waals surface area contributed by atoms with Crippen LogP contribution in [0, 0.1) is 5.92 Å². The number of nitrogens with zero attached hydrogens (tertiary/aromatic N) is 5. The number of nitrogens with one attached hydrogen (secondary N) is 2. The number of rotatable bonds is 8. The van der Waals surface area contributed by atoms with Crippen molar-refractivity contribution < 1.29 is 13.5 Å². The summed E-state index contributed by atoms with van der Waals surface area (Å²) in [7, 11) is 0.112. The molecule has 0 aromatic carbocycles. The second-order valence-corrected chi connectivity index (χ2v) is 10.9. The van der Waals surface area contributed by atoms with E-state index in [1.54, 1.807) is 12.3 Å². The van der Waals surface area contributed by atoms with Crippen LogP contribution in [0.2, 0.25) is 0 Å². The van der Waals surface area contributed by atoms with Gasteiger partial charge in [-0.15, -0.1) is 10.7 Å². The third-order valence-corrected chi connectivity index (χ3v) is 7.85. The van der Waals surface area contributed by atoms with E-state index in [0.29, 0.717) is 23.1 Å². The number of pyridine rings is 1. The minimum atomic E-state index is -2.65. The highest BCUT2D eigenvalue weighted by atomic mass is 32.2. The summed E-state index contributed by atoms with van der Waals surface area (Å²) in [5, 5.41) is 9.54. The largest absolute Gasteiger partial charge is 0.472 e. The molecule has 2 saturated heterocycles. The van der Waals surface area contributed by atoms with Crippen LogP contribution in [0.25, 0.3) is 16.9 Å². The van der Waals surface area contributed by atoms with E-state index in [1.807, 2.05) is 12.1 Å². The van der Waals surface area contributed by atoms with Crippen molar-refractivity contribution in [1.82, 2.24) is 29.6 Å². The van der Waals surface area contributed by atoms with Crippen LogP contribution in [0.15, 0.2) is 30.5 Å². The summed E-state index contributed by atoms with van der Waals surface area (Å²) in [6.45, 7) is 6.41. The summed E-state index contributed by atoms with van der Waals surface area (Å²) in [6.07, 6.45) is 3.53. The lowest BCUT2D eigenvalue weighted by Crippen LogP contribution is -2.50. The maximum Gasteiger partial charge on any atom is 0.282 e. The molecule has 188 valence electrons. The molecule has 2 unspecified atom stereocenters. The number of ether oxygens (including phenoxy) is 1. The molecule has 8 nitrogen and oxygen atoms in total. The SMILES string of the molecule is C/C=S(\C)NCC1CCCN(c2cc(-c3cnc4ccc(C(F)F)nn34)cc(OC3CNC3)n2)C1. The zero-order valence-corrected chi connectivity index (χ0v) is 20.8. The monoisotopic (exact) mass is 503 g/mol. The topological polar surface area (TPSA) is 79.6 Å². The van der Waals surface area contributed by atoms with Crippen LogP contribution in [0.4, 0.5) is 14.6 Å². The van der Waals surface area contributed by atoms with Crippen molar-refractivity contribution in [3.05, 3.63) is 36.2 Å². The molecule has 0 bridgehead atoms. The quantitative estimate of drug-likeness (QED) is 0.456. The summed E-state index contributed by atoms with van der Waals surface area (Å²) < 4.78 is 37.9. The Morgan fingerprint density at radius 3 is 2.91 bits per heavy atom. The van der Waals surface area contributed by atoms with E-state index in [2.05, 4.69) is 43.6 Å². The van der Waals surface area contributed by atoms with Gasteiger partial charge in [0.25, 0.3) is 6.43 Å². The van der Waals surface area contributed by atoms with E-state index in [1.165, 1.54) is 17.0 Å². The first-order valence-electron chi connectivity index (χ1n) is 12.0. The van der Waals surface area contributed by atoms with Gasteiger partial charge in [0.2, 0.25) is 5.88 Å². The van der Waals surface area contributed by atoms with Crippen LogP contribution >= 0.6 is 10.7 Å². The van der Waals surface area contributed by atoms with Crippen molar-refractivity contribution in [3.8, 4) is 17.1 Å². The molecule has 11 heteroatoms. The highest BCUT2D eigenvalue weighted by Gasteiger charge is 2.24. The average molecular weight is 504 g/mol. The van der Waals surface area contributed by atoms with Crippen LogP contribution in [0.3, 0.4) is 0 Å². The Balaban J connectivity index is 1.47. The zero-order chi connectivity index (χ0) is 24.4. The van der Waals surface area contributed by atoms with Gasteiger partial charge < -0.3 is 15.0 Å². The molecule has 0 spiro atoms. The molecule has 0 saturated carbocycles. The smallest absolute Gasteiger partial charge is 0.282 e. The fraction of sp³-hybridized carbons (Fsp3) is 0.500. The Kier molecular flexibility index (Phi) is 7.26. The summed E-state index contributed by atoms with van der Waals surface area (Å²) in [4.78, 5) is 11.5. The molecule has 3 aromatic heterocycles. The van der Waals surface area contributed by atoms with Crippen molar-refractivity contribution >= 4 is 27.5 Å². The maximum atomic E-state index is 13.3. The second kappa shape index (κ2) is 10.5. The molecule has 5 rings (SSSR count). The van der Waals surface area contributed by atoms with E-state index in [9.17, 15) is 8.78 Å². The van der Waals surface area contributed by atoms with Gasteiger partial charge in [0.15, 0.2) is 5.65 Å². The lowest BCUT2D eigenvalue weighted by Gasteiger charge is -2.34. The average Bonchev–Trinajstić information content (AvgIpc) is 3.28. The van der Waals surface area contributed by atoms with Gasteiger partial charge in [0.1, 0.15) is 17.6 Å². The first kappa shape index (κ1) is 24.1. The Hall–Kier alpha value is -2.63. The molecular weight excluding hydrogens is 472 g/mol. The number of hydrogen-bond acceptors (Lipinski definition) is 7. The van der Waals surface area contributed by atoms with Crippen molar-refractivity contribution in [1.29, 1.82) is 0 Å². The molecule has 2 aliphatic rings. The fourth-order valence-electron chi connectivity index (χ4n) is 4.35. The van der Waals surface area contributed by atoms with Crippen molar-refractivity contribution in [3.63, 3.8) is 0 Å². The number of fused-ring (bicyclic) bond motifs is 1. The first-order valence-corrected chi connectivity index (χ1v) is 13.6. The first-order chi connectivity index (χ1) is 17.0. The lowest BCUT2D eigenvalue weighted by atomic mass is 9.98. The van der Waals surface area contributed by atoms with E-state index in [4.69, 9.17) is 9.72 Å². The number of imidazole rings is 1. The predicted molar refractivity (Wildman–Crippen MR) is 137 cm³/mol. The number of halogens is 2. The van der Waals surface area contributed by atoms with E-state index in [0.717, 1.165) is 50.5 Å². The Morgan fingerprint density at radius 2 is 2.17 bits per heavy atom. The normalized spacial score (nSPS) is 19.9. The molecule has 2 fully saturated rings. The zero-order valence-electron chi connectivity index (χ0n) is 20.0. The molecule has 0 amide bonds. The minimum absolute atomic E-state index is 0.0717. The maximum absolute atomic E-state index is 13.3. The van der Waals surface area contributed by atoms with Gasteiger partial charge in [-0.25, -0.2) is 18.3 Å². The Morgan fingerprint density at radius 1 is 1.31 bits per heavy atom. The molecule has 2 atom stereocenters. The Labute approximate surface area is 206 Å². The molecule has 2 N–H and O–H groups in total. The summed E-state index contributed by atoms with van der Waals surface area (Å²) in [5.74, 6) is 1.88. The minimum Gasteiger partial charge on any atom is -0.472 e. The molecule has 3 aromatic rings. The van der Waals surface area contributed by atoms with Gasteiger partial charge in [-0.1, -0.05) is 5.37 Å². The van der Waals surface area contributed by atoms with Gasteiger partial charge in [-0.3, -0.25) is 4.72 Å². The van der Waals surface area contributed by atoms with Gasteiger partial charge in [-0.2, -0.15) is 10.1 Å². The fourth-order valence-corrected chi connectivity index (χ4v) is 5.02. The highest BCUT2D eigenvalue weighted by Crippen LogP contribution is 2.31. The van der Waals surface area contributed by atoms with Crippen molar-refractivity contribution in [2.75, 3.05) is 43.9 Å². The summed E-state index contributed by atoms with van der Waals surface area (Å²) >= 11 is 0. The van der Waals surface area contributed by atoms with Gasteiger partial charge in [0, 0.05) is 44.4 Å². The third-order valence-electron chi connectivity index (χ3n) is 6.52. The Bertz CT molecular complexity index is 1210. The molecule has 0 radical (unpaired) electrons. The number of alkyl halides is 2. The number of anilines is 1. The number of aromatic nitrogens is 4. The predicted octanol–water partition coefficient (Wildman–Crippen LogP) is 3.52. The lowest BCUT2D eigenvalue weighted by molar-refractivity contribution is 0.136. The summed E-state index contributed by atoms with van der Waals surface area (Å²) in [5.41, 5.74) is 1.65. The van der Waals surface area contributed by atoms with Gasteiger partial charge in [0.05, 0.1) is 11.9 Å². The molecule has 35 heavy (non-hydrogen) atoms. The van der Waals surface area contributed by atoms with Crippen molar-refractivity contribution in [2.45, 2.75) is 32.3 Å². The van der Waals surface area contributed by atoms with Gasteiger partial charge >= 0.3 is 0 Å². The second-order valence-electron chi connectivity index (χ2n) is 9.02. The highest BCUT2D eigenvalue weighted by molar-refractivity contribution is 8.12. The van der Waals surface area contributed by atoms with Gasteiger partial charge in [-0.05, 0) is 50.1 Å². The van der Waals surface area contributed by atoms with Crippen LogP contribution in [-0.2, 0) is 0 Å². The van der Waals surface area contributed by atoms with Crippen molar-refractivity contribution in [2.24, 2.45) is 5.92 Å². The van der Waals surface area contributed by atoms with Crippen LogP contribution in [-0.4, -0.2) is 70.0 Å². The molecule has 5 heterocycles. The number of piperidine rings is 1. The van der Waals surface area contributed by atoms with E-state index < -0.39 is 6.43 Å². The van der Waals surface area contributed by atoms with E-state index >= 15 is 0 Å². The third kappa shape index (κ3) is 5.46. The van der Waals surface area contributed by atoms with Crippen LogP contribution < -0.4 is 19.7 Å². The number of hydrogen-bond donors (Lipinski definition) is 2. The molecular formula is C24H31F2N7OS. The summed E-state index contributed by atoms with van der Waals surface area (Å²) in [6, 6.07) is 6.72. The standard InChI is InChI=1S/C24H31F2N7OS/c1-3-35(2)29-11-16-5-4-8-32(15-16)22-9-17(10-23(30-22)34-18-12-27-13-18)20-14-28-21-7-6-19(24(25)26)31-33(20)21/h3,6-7,9-10,14,16,18,24,27,29H,4-5,8,11-13,15H2,1-2H3. The molecule has 2 aliphatic heterocycles. The van der Waals surface area contributed by atoms with E-state index in [-0.39, 0.29) is 22.5 Å².